The van der Waals surface area contributed by atoms with Gasteiger partial charge in [0.15, 0.2) is 0 Å². The number of fused-ring (bicyclic) bond motifs is 5. The summed E-state index contributed by atoms with van der Waals surface area (Å²) < 4.78 is 6.09. The number of hydrogen-bond donors (Lipinski definition) is 0. The van der Waals surface area contributed by atoms with Gasteiger partial charge in [-0.05, 0) is 136 Å². The Morgan fingerprint density at radius 1 is 0.765 bits per heavy atom. The molecule has 0 bridgehead atoms. The van der Waals surface area contributed by atoms with E-state index in [9.17, 15) is 4.79 Å². The van der Waals surface area contributed by atoms with Gasteiger partial charge in [0.05, 0.1) is 0 Å². The Morgan fingerprint density at radius 3 is 2.06 bits per heavy atom. The zero-order chi connectivity index (χ0) is 36.5. The number of allylic oxidation sites excluding steroid dienone is 11. The lowest BCUT2D eigenvalue weighted by atomic mass is 9.47. The molecule has 0 heterocycles. The highest BCUT2D eigenvalue weighted by atomic mass is 16.5. The Bertz CT molecular complexity index is 1210. The number of carbonyl (C=O) groups is 1. The highest BCUT2D eigenvalue weighted by Gasteiger charge is 2.59. The van der Waals surface area contributed by atoms with E-state index in [0.717, 1.165) is 80.5 Å². The predicted octanol–water partition coefficient (Wildman–Crippen LogP) is 14.6. The normalized spacial score (nSPS) is 31.6. The molecule has 3 fully saturated rings. The van der Waals surface area contributed by atoms with Crippen LogP contribution in [0.1, 0.15) is 176 Å². The molecule has 0 N–H and O–H groups in total. The van der Waals surface area contributed by atoms with Crippen molar-refractivity contribution in [2.75, 3.05) is 0 Å². The predicted molar refractivity (Wildman–Crippen MR) is 220 cm³/mol. The maximum absolute atomic E-state index is 12.8. The summed E-state index contributed by atoms with van der Waals surface area (Å²) in [6.07, 6.45) is 49.8. The van der Waals surface area contributed by atoms with E-state index >= 15 is 0 Å². The van der Waals surface area contributed by atoms with Crippen molar-refractivity contribution in [3.05, 3.63) is 72.4 Å². The summed E-state index contributed by atoms with van der Waals surface area (Å²) in [4.78, 5) is 12.8. The molecule has 2 heteroatoms. The van der Waals surface area contributed by atoms with Crippen LogP contribution in [0.3, 0.4) is 0 Å². The molecule has 4 aliphatic rings. The van der Waals surface area contributed by atoms with Gasteiger partial charge in [0.1, 0.15) is 6.10 Å². The SMILES string of the molecule is CCCCCC=CCC=CCC=CCC=CCC=CCCC(=O)O[C@H]1CC[C@@]2(C)C(=CCC3C4CCC([C@H](C)CCCC(C)C)[C@@]4(C)CCC32)C1. The minimum absolute atomic E-state index is 0.0202. The van der Waals surface area contributed by atoms with E-state index in [1.807, 2.05) is 0 Å². The third kappa shape index (κ3) is 12.2. The summed E-state index contributed by atoms with van der Waals surface area (Å²) in [5, 5.41) is 0. The third-order valence-electron chi connectivity index (χ3n) is 14.0. The van der Waals surface area contributed by atoms with Gasteiger partial charge in [-0.2, -0.15) is 0 Å². The van der Waals surface area contributed by atoms with Crippen molar-refractivity contribution in [3.63, 3.8) is 0 Å². The second-order valence-corrected chi connectivity index (χ2v) is 18.0. The van der Waals surface area contributed by atoms with Crippen LogP contribution >= 0.6 is 0 Å². The maximum Gasteiger partial charge on any atom is 0.306 e. The van der Waals surface area contributed by atoms with Crippen LogP contribution in [-0.2, 0) is 9.53 Å². The molecule has 0 saturated heterocycles. The first-order valence-corrected chi connectivity index (χ1v) is 21.8. The highest BCUT2D eigenvalue weighted by Crippen LogP contribution is 2.67. The van der Waals surface area contributed by atoms with E-state index in [0.29, 0.717) is 17.3 Å². The quantitative estimate of drug-likeness (QED) is 0.0677. The summed E-state index contributed by atoms with van der Waals surface area (Å²) in [7, 11) is 0. The average molecular weight is 699 g/mol. The molecular formula is C49H78O2. The zero-order valence-corrected chi connectivity index (χ0v) is 34.1. The van der Waals surface area contributed by atoms with Gasteiger partial charge >= 0.3 is 5.97 Å². The Hall–Kier alpha value is -2.09. The number of ether oxygens (including phenoxy) is 1. The molecule has 3 saturated carbocycles. The Balaban J connectivity index is 1.11. The van der Waals surface area contributed by atoms with Crippen molar-refractivity contribution in [2.24, 2.45) is 46.3 Å². The van der Waals surface area contributed by atoms with Gasteiger partial charge in [-0.15, -0.1) is 0 Å². The molecule has 2 nitrogen and oxygen atoms in total. The first-order valence-electron chi connectivity index (χ1n) is 21.8. The van der Waals surface area contributed by atoms with Crippen LogP contribution < -0.4 is 0 Å². The van der Waals surface area contributed by atoms with E-state index in [4.69, 9.17) is 4.74 Å². The fraction of sp³-hybridized carbons (Fsp3) is 0.735. The summed E-state index contributed by atoms with van der Waals surface area (Å²) in [6, 6.07) is 0. The molecule has 0 aromatic rings. The lowest BCUT2D eigenvalue weighted by Gasteiger charge is -2.58. The standard InChI is InChI=1S/C49H78O2/c1-7-8-9-10-11-12-13-14-15-16-17-18-19-20-21-22-23-24-25-29-47(50)51-42-34-36-48(5)41(38-42)30-31-43-45-33-32-44(40(4)28-26-27-39(2)3)49(45,6)37-35-46(43)48/h11-12,14-15,17-18,20-21,23-24,30,39-40,42-46H,7-10,13,16,19,22,25-29,31-38H2,1-6H3/t40-,42+,43?,44?,45?,46?,48+,49-/m1/s1. The fourth-order valence-electron chi connectivity index (χ4n) is 11.0. The molecule has 286 valence electrons. The van der Waals surface area contributed by atoms with Crippen molar-refractivity contribution >= 4 is 5.97 Å². The summed E-state index contributed by atoms with van der Waals surface area (Å²) in [5.41, 5.74) is 2.46. The molecular weight excluding hydrogens is 621 g/mol. The molecule has 0 aromatic carbocycles. The van der Waals surface area contributed by atoms with Crippen LogP contribution in [0.4, 0.5) is 0 Å². The molecule has 8 atom stereocenters. The van der Waals surface area contributed by atoms with Crippen LogP contribution in [0.2, 0.25) is 0 Å². The molecule has 0 aromatic heterocycles. The minimum Gasteiger partial charge on any atom is -0.462 e. The van der Waals surface area contributed by atoms with Gasteiger partial charge in [-0.25, -0.2) is 0 Å². The van der Waals surface area contributed by atoms with E-state index in [2.05, 4.69) is 108 Å². The topological polar surface area (TPSA) is 26.3 Å². The van der Waals surface area contributed by atoms with E-state index < -0.39 is 0 Å². The van der Waals surface area contributed by atoms with Crippen LogP contribution in [0, 0.1) is 46.3 Å². The fourth-order valence-corrected chi connectivity index (χ4v) is 11.0. The number of carbonyl (C=O) groups excluding carboxylic acids is 1. The molecule has 4 rings (SSSR count). The molecule has 0 radical (unpaired) electrons. The first-order chi connectivity index (χ1) is 24.7. The largest absolute Gasteiger partial charge is 0.462 e. The monoisotopic (exact) mass is 699 g/mol. The highest BCUT2D eigenvalue weighted by molar-refractivity contribution is 5.69. The van der Waals surface area contributed by atoms with E-state index in [1.54, 1.807) is 5.57 Å². The molecule has 4 unspecified atom stereocenters. The lowest BCUT2D eigenvalue weighted by Crippen LogP contribution is -2.51. The van der Waals surface area contributed by atoms with Crippen molar-refractivity contribution < 1.29 is 9.53 Å². The van der Waals surface area contributed by atoms with Crippen LogP contribution in [0.25, 0.3) is 0 Å². The Morgan fingerprint density at radius 2 is 1.41 bits per heavy atom. The van der Waals surface area contributed by atoms with Gasteiger partial charge in [0.25, 0.3) is 0 Å². The summed E-state index contributed by atoms with van der Waals surface area (Å²) in [5.74, 6) is 5.16. The van der Waals surface area contributed by atoms with E-state index in [1.165, 1.54) is 83.5 Å². The maximum atomic E-state index is 12.8. The Kier molecular flexibility index (Phi) is 17.6. The molecule has 0 amide bonds. The number of unbranched alkanes of at least 4 members (excludes halogenated alkanes) is 3. The first kappa shape index (κ1) is 41.7. The average Bonchev–Trinajstić information content (AvgIpc) is 3.46. The van der Waals surface area contributed by atoms with Gasteiger partial charge in [-0.3, -0.25) is 4.79 Å². The molecule has 4 aliphatic carbocycles. The lowest BCUT2D eigenvalue weighted by molar-refractivity contribution is -0.151. The van der Waals surface area contributed by atoms with Gasteiger partial charge in [-0.1, -0.05) is 146 Å². The third-order valence-corrected chi connectivity index (χ3v) is 14.0. The number of rotatable bonds is 21. The minimum atomic E-state index is -0.0202. The second-order valence-electron chi connectivity index (χ2n) is 18.0. The second kappa shape index (κ2) is 21.6. The van der Waals surface area contributed by atoms with Crippen molar-refractivity contribution in [1.29, 1.82) is 0 Å². The number of hydrogen-bond acceptors (Lipinski definition) is 2. The van der Waals surface area contributed by atoms with E-state index in [-0.39, 0.29) is 12.1 Å². The molecule has 51 heavy (non-hydrogen) atoms. The van der Waals surface area contributed by atoms with Crippen LogP contribution in [0.15, 0.2) is 72.4 Å². The summed E-state index contributed by atoms with van der Waals surface area (Å²) >= 11 is 0. The van der Waals surface area contributed by atoms with Gasteiger partial charge in [0.2, 0.25) is 0 Å². The number of esters is 1. The summed E-state index contributed by atoms with van der Waals surface area (Å²) in [6.45, 7) is 14.9. The smallest absolute Gasteiger partial charge is 0.306 e. The molecule has 0 aliphatic heterocycles. The Labute approximate surface area is 315 Å². The van der Waals surface area contributed by atoms with Crippen molar-refractivity contribution in [2.45, 2.75) is 182 Å². The zero-order valence-electron chi connectivity index (χ0n) is 34.1. The van der Waals surface area contributed by atoms with Gasteiger partial charge in [0, 0.05) is 12.8 Å². The van der Waals surface area contributed by atoms with Crippen molar-refractivity contribution in [1.82, 2.24) is 0 Å². The van der Waals surface area contributed by atoms with Crippen LogP contribution in [-0.4, -0.2) is 12.1 Å². The van der Waals surface area contributed by atoms with Crippen molar-refractivity contribution in [3.8, 4) is 0 Å². The molecule has 0 spiro atoms. The van der Waals surface area contributed by atoms with Gasteiger partial charge < -0.3 is 4.74 Å². The van der Waals surface area contributed by atoms with Crippen LogP contribution in [0.5, 0.6) is 0 Å².